The van der Waals surface area contributed by atoms with Crippen molar-refractivity contribution in [1.82, 2.24) is 14.8 Å². The molecule has 4 unspecified atom stereocenters. The summed E-state index contributed by atoms with van der Waals surface area (Å²) in [7, 11) is 6.16. The highest BCUT2D eigenvalue weighted by Gasteiger charge is 2.59. The van der Waals surface area contributed by atoms with Crippen molar-refractivity contribution >= 4 is 21.9 Å². The minimum atomic E-state index is -0.334. The van der Waals surface area contributed by atoms with Gasteiger partial charge in [0.25, 0.3) is 0 Å². The fourth-order valence-electron chi connectivity index (χ4n) is 6.20. The van der Waals surface area contributed by atoms with Gasteiger partial charge in [-0.25, -0.2) is 4.79 Å². The van der Waals surface area contributed by atoms with E-state index < -0.39 is 0 Å². The molecule has 31 heavy (non-hydrogen) atoms. The number of aromatic nitrogens is 1. The standard InChI is InChI=1S/C24H28BrN3O3/c1-27-13-17-8-21-24(30-3,19-5-4-6-20(27)22(17)19)9-15(12-28(21)2)14-31-23(29)16-7-18(25)11-26-10-16/h4-7,10-11,13,15,19,21-22H,8-9,12,14H2,1-3H3/t15?,19?,21?,22?,24-/m1/s1. The van der Waals surface area contributed by atoms with E-state index in [0.717, 1.165) is 23.9 Å². The molecule has 2 aliphatic carbocycles. The van der Waals surface area contributed by atoms with Crippen molar-refractivity contribution in [3.8, 4) is 0 Å². The zero-order valence-corrected chi connectivity index (χ0v) is 19.7. The molecule has 4 aliphatic rings. The lowest BCUT2D eigenvalue weighted by molar-refractivity contribution is -0.162. The van der Waals surface area contributed by atoms with Crippen molar-refractivity contribution in [2.24, 2.45) is 17.8 Å². The first kappa shape index (κ1) is 20.9. The monoisotopic (exact) mass is 485 g/mol. The number of carbonyl (C=O) groups is 1. The zero-order chi connectivity index (χ0) is 21.8. The van der Waals surface area contributed by atoms with Gasteiger partial charge in [-0.3, -0.25) is 9.88 Å². The number of fused-ring (bicyclic) bond motifs is 2. The number of esters is 1. The Kier molecular flexibility index (Phi) is 5.31. The molecular formula is C24H28BrN3O3. The van der Waals surface area contributed by atoms with E-state index in [1.54, 1.807) is 18.5 Å². The summed E-state index contributed by atoms with van der Waals surface area (Å²) in [5, 5.41) is 0. The molecule has 1 aromatic heterocycles. The van der Waals surface area contributed by atoms with Gasteiger partial charge in [-0.1, -0.05) is 12.2 Å². The molecule has 5 atom stereocenters. The summed E-state index contributed by atoms with van der Waals surface area (Å²) in [6, 6.07) is 2.04. The van der Waals surface area contributed by atoms with Crippen LogP contribution in [-0.4, -0.2) is 66.8 Å². The third-order valence-electron chi connectivity index (χ3n) is 7.44. The molecule has 5 rings (SSSR count). The topological polar surface area (TPSA) is 54.9 Å². The highest BCUT2D eigenvalue weighted by Crippen LogP contribution is 2.56. The van der Waals surface area contributed by atoms with Gasteiger partial charge in [-0.2, -0.15) is 0 Å². The molecule has 7 heteroatoms. The predicted octanol–water partition coefficient (Wildman–Crippen LogP) is 3.63. The summed E-state index contributed by atoms with van der Waals surface area (Å²) >= 11 is 3.36. The van der Waals surface area contributed by atoms with Crippen LogP contribution < -0.4 is 0 Å². The number of nitrogens with zero attached hydrogens (tertiary/aromatic N) is 3. The Labute approximate surface area is 191 Å². The molecule has 0 bridgehead atoms. The first-order valence-corrected chi connectivity index (χ1v) is 11.6. The summed E-state index contributed by atoms with van der Waals surface area (Å²) in [5.41, 5.74) is 3.02. The lowest BCUT2D eigenvalue weighted by Crippen LogP contribution is -2.66. The van der Waals surface area contributed by atoms with Gasteiger partial charge in [0.2, 0.25) is 0 Å². The molecule has 0 N–H and O–H groups in total. The van der Waals surface area contributed by atoms with Crippen LogP contribution in [0.2, 0.25) is 0 Å². The van der Waals surface area contributed by atoms with Gasteiger partial charge in [-0.15, -0.1) is 0 Å². The van der Waals surface area contributed by atoms with E-state index >= 15 is 0 Å². The van der Waals surface area contributed by atoms with Crippen LogP contribution in [-0.2, 0) is 9.47 Å². The Bertz CT molecular complexity index is 990. The molecule has 0 spiro atoms. The molecule has 2 fully saturated rings. The number of pyridine rings is 1. The summed E-state index contributed by atoms with van der Waals surface area (Å²) in [6.45, 7) is 1.26. The van der Waals surface area contributed by atoms with Gasteiger partial charge in [0.1, 0.15) is 0 Å². The van der Waals surface area contributed by atoms with E-state index in [1.807, 2.05) is 7.11 Å². The number of likely N-dealkylation sites (tertiary alicyclic amines) is 1. The molecular weight excluding hydrogens is 458 g/mol. The van der Waals surface area contributed by atoms with Gasteiger partial charge in [-0.05, 0) is 53.5 Å². The Hall–Kier alpha value is -1.96. The molecule has 0 amide bonds. The SMILES string of the molecule is CO[C@@]12CC(COC(=O)c3cncc(Br)c3)CN(C)C1CC1=CN(C)C3=CC=CC2C13. The van der Waals surface area contributed by atoms with E-state index in [4.69, 9.17) is 9.47 Å². The van der Waals surface area contributed by atoms with Crippen LogP contribution in [0.3, 0.4) is 0 Å². The van der Waals surface area contributed by atoms with Crippen molar-refractivity contribution in [2.75, 3.05) is 34.4 Å². The van der Waals surface area contributed by atoms with E-state index in [-0.39, 0.29) is 23.4 Å². The van der Waals surface area contributed by atoms with Crippen LogP contribution in [0, 0.1) is 17.8 Å². The molecule has 1 saturated carbocycles. The maximum atomic E-state index is 12.6. The number of piperidine rings is 1. The smallest absolute Gasteiger partial charge is 0.339 e. The van der Waals surface area contributed by atoms with Crippen LogP contribution in [0.15, 0.2) is 58.6 Å². The maximum Gasteiger partial charge on any atom is 0.339 e. The summed E-state index contributed by atoms with van der Waals surface area (Å²) < 4.78 is 12.9. The summed E-state index contributed by atoms with van der Waals surface area (Å²) in [4.78, 5) is 21.3. The van der Waals surface area contributed by atoms with Crippen molar-refractivity contribution in [3.05, 3.63) is 64.2 Å². The van der Waals surface area contributed by atoms with Gasteiger partial charge >= 0.3 is 5.97 Å². The van der Waals surface area contributed by atoms with Crippen molar-refractivity contribution < 1.29 is 14.3 Å². The number of hydrogen-bond donors (Lipinski definition) is 0. The third-order valence-corrected chi connectivity index (χ3v) is 7.88. The number of hydrogen-bond acceptors (Lipinski definition) is 6. The zero-order valence-electron chi connectivity index (χ0n) is 18.1. The van der Waals surface area contributed by atoms with Crippen LogP contribution >= 0.6 is 15.9 Å². The Morgan fingerprint density at radius 2 is 2.19 bits per heavy atom. The molecule has 1 saturated heterocycles. The van der Waals surface area contributed by atoms with E-state index in [9.17, 15) is 4.79 Å². The Morgan fingerprint density at radius 1 is 1.35 bits per heavy atom. The average Bonchev–Trinajstić information content (AvgIpc) is 3.09. The predicted molar refractivity (Wildman–Crippen MR) is 121 cm³/mol. The second-order valence-electron chi connectivity index (χ2n) is 9.17. The quantitative estimate of drug-likeness (QED) is 0.607. The fraction of sp³-hybridized carbons (Fsp3) is 0.500. The molecule has 0 aromatic carbocycles. The fourth-order valence-corrected chi connectivity index (χ4v) is 6.56. The summed E-state index contributed by atoms with van der Waals surface area (Å²) in [5.74, 6) is 0.535. The second kappa shape index (κ2) is 7.87. The highest BCUT2D eigenvalue weighted by atomic mass is 79.9. The lowest BCUT2D eigenvalue weighted by atomic mass is 9.58. The van der Waals surface area contributed by atoms with Crippen LogP contribution in [0.5, 0.6) is 0 Å². The van der Waals surface area contributed by atoms with Gasteiger partial charge in [0.15, 0.2) is 0 Å². The lowest BCUT2D eigenvalue weighted by Gasteiger charge is -2.58. The first-order chi connectivity index (χ1) is 14.9. The minimum absolute atomic E-state index is 0.206. The van der Waals surface area contributed by atoms with E-state index in [0.29, 0.717) is 24.1 Å². The number of carbonyl (C=O) groups excluding carboxylic acids is 1. The average molecular weight is 486 g/mol. The second-order valence-corrected chi connectivity index (χ2v) is 10.1. The number of ether oxygens (including phenoxy) is 2. The van der Waals surface area contributed by atoms with Gasteiger partial charge in [0, 0.05) is 73.3 Å². The normalized spacial score (nSPS) is 34.0. The minimum Gasteiger partial charge on any atom is -0.462 e. The highest BCUT2D eigenvalue weighted by molar-refractivity contribution is 9.10. The number of rotatable bonds is 4. The number of halogens is 1. The first-order valence-electron chi connectivity index (χ1n) is 10.8. The maximum absolute atomic E-state index is 12.6. The van der Waals surface area contributed by atoms with Crippen LogP contribution in [0.1, 0.15) is 23.2 Å². The molecule has 1 aromatic rings. The summed E-state index contributed by atoms with van der Waals surface area (Å²) in [6.07, 6.45) is 14.1. The van der Waals surface area contributed by atoms with E-state index in [2.05, 4.69) is 69.2 Å². The van der Waals surface area contributed by atoms with Crippen molar-refractivity contribution in [2.45, 2.75) is 24.5 Å². The molecule has 2 aliphatic heterocycles. The van der Waals surface area contributed by atoms with Crippen LogP contribution in [0.25, 0.3) is 0 Å². The number of allylic oxidation sites excluding steroid dienone is 3. The number of methoxy groups -OCH3 is 1. The largest absolute Gasteiger partial charge is 0.462 e. The van der Waals surface area contributed by atoms with E-state index in [1.165, 1.54) is 11.3 Å². The Balaban J connectivity index is 1.37. The molecule has 164 valence electrons. The Morgan fingerprint density at radius 3 is 2.97 bits per heavy atom. The molecule has 3 heterocycles. The van der Waals surface area contributed by atoms with Crippen LogP contribution in [0.4, 0.5) is 0 Å². The molecule has 0 radical (unpaired) electrons. The van der Waals surface area contributed by atoms with Crippen molar-refractivity contribution in [1.29, 1.82) is 0 Å². The third kappa shape index (κ3) is 3.38. The van der Waals surface area contributed by atoms with Gasteiger partial charge in [0.05, 0.1) is 17.8 Å². The van der Waals surface area contributed by atoms with Crippen molar-refractivity contribution in [3.63, 3.8) is 0 Å². The van der Waals surface area contributed by atoms with Gasteiger partial charge < -0.3 is 14.4 Å². The number of likely N-dealkylation sites (N-methyl/N-ethyl adjacent to an activating group) is 1. The molecule has 6 nitrogen and oxygen atoms in total.